The van der Waals surface area contributed by atoms with Gasteiger partial charge in [-0.2, -0.15) is 11.8 Å². The van der Waals surface area contributed by atoms with E-state index in [4.69, 9.17) is 0 Å². The Labute approximate surface area is 141 Å². The summed E-state index contributed by atoms with van der Waals surface area (Å²) in [4.78, 5) is 13.9. The van der Waals surface area contributed by atoms with Crippen molar-refractivity contribution < 1.29 is 13.2 Å². The monoisotopic (exact) mass is 352 g/mol. The number of thioether (sulfide) groups is 1. The summed E-state index contributed by atoms with van der Waals surface area (Å²) < 4.78 is 25.3. The van der Waals surface area contributed by atoms with Gasteiger partial charge in [0.25, 0.3) is 0 Å². The third-order valence-corrected chi connectivity index (χ3v) is 6.83. The minimum atomic E-state index is -3.14. The average Bonchev–Trinajstić information content (AvgIpc) is 2.93. The van der Waals surface area contributed by atoms with Gasteiger partial charge in [-0.05, 0) is 30.2 Å². The molecule has 1 aromatic rings. The van der Waals surface area contributed by atoms with Crippen LogP contribution < -0.4 is 4.31 Å². The molecule has 0 aliphatic carbocycles. The number of benzene rings is 1. The van der Waals surface area contributed by atoms with E-state index in [1.165, 1.54) is 4.31 Å². The van der Waals surface area contributed by atoms with Crippen LogP contribution in [0, 0.1) is 0 Å². The Morgan fingerprint density at radius 1 is 1.09 bits per heavy atom. The van der Waals surface area contributed by atoms with Gasteiger partial charge in [0.1, 0.15) is 0 Å². The van der Waals surface area contributed by atoms with Crippen molar-refractivity contribution in [3.8, 4) is 0 Å². The zero-order valence-corrected chi connectivity index (χ0v) is 14.5. The minimum Gasteiger partial charge on any atom is -0.338 e. The number of sulfonamides is 1. The molecule has 2 aliphatic rings. The SMILES string of the molecule is O=C(/C=C/c1ccc(N2CCCS2(=O)=O)cc1)N1CCSCC1. The normalized spacial score (nSPS) is 21.0. The van der Waals surface area contributed by atoms with Crippen LogP contribution in [0.15, 0.2) is 30.3 Å². The Hall–Kier alpha value is -1.47. The number of anilines is 1. The van der Waals surface area contributed by atoms with Gasteiger partial charge in [-0.15, -0.1) is 0 Å². The van der Waals surface area contributed by atoms with Gasteiger partial charge in [-0.25, -0.2) is 8.42 Å². The molecule has 2 heterocycles. The second kappa shape index (κ2) is 6.97. The lowest BCUT2D eigenvalue weighted by Crippen LogP contribution is -2.36. The molecule has 0 saturated carbocycles. The average molecular weight is 352 g/mol. The van der Waals surface area contributed by atoms with Gasteiger partial charge in [-0.3, -0.25) is 9.10 Å². The van der Waals surface area contributed by atoms with Crippen LogP contribution in [0.1, 0.15) is 12.0 Å². The molecule has 2 aliphatic heterocycles. The van der Waals surface area contributed by atoms with Crippen molar-refractivity contribution in [2.75, 3.05) is 41.2 Å². The first-order chi connectivity index (χ1) is 11.1. The van der Waals surface area contributed by atoms with Crippen molar-refractivity contribution >= 4 is 39.5 Å². The molecule has 1 aromatic carbocycles. The van der Waals surface area contributed by atoms with Gasteiger partial charge in [-0.1, -0.05) is 12.1 Å². The number of carbonyl (C=O) groups is 1. The first kappa shape index (κ1) is 16.4. The zero-order valence-electron chi connectivity index (χ0n) is 12.8. The molecule has 2 saturated heterocycles. The van der Waals surface area contributed by atoms with Crippen LogP contribution in [0.2, 0.25) is 0 Å². The highest BCUT2D eigenvalue weighted by molar-refractivity contribution is 7.99. The van der Waals surface area contributed by atoms with Crippen LogP contribution in [0.25, 0.3) is 6.08 Å². The van der Waals surface area contributed by atoms with E-state index in [0.717, 1.165) is 30.2 Å². The number of amides is 1. The summed E-state index contributed by atoms with van der Waals surface area (Å²) in [6, 6.07) is 7.28. The lowest BCUT2D eigenvalue weighted by atomic mass is 10.2. The third-order valence-electron chi connectivity index (χ3n) is 4.02. The number of nitrogens with zero attached hydrogens (tertiary/aromatic N) is 2. The van der Waals surface area contributed by atoms with Gasteiger partial charge in [0, 0.05) is 37.2 Å². The zero-order chi connectivity index (χ0) is 16.3. The summed E-state index contributed by atoms with van der Waals surface area (Å²) in [7, 11) is -3.14. The Morgan fingerprint density at radius 3 is 2.39 bits per heavy atom. The standard InChI is InChI=1S/C16H20N2O3S2/c19-16(17-9-11-22-12-10-17)7-4-14-2-5-15(6-3-14)18-8-1-13-23(18,20)21/h2-7H,1,8-13H2/b7-4+. The molecule has 0 unspecified atom stereocenters. The van der Waals surface area contributed by atoms with Crippen molar-refractivity contribution in [2.24, 2.45) is 0 Å². The number of rotatable bonds is 3. The predicted molar refractivity (Wildman–Crippen MR) is 95.1 cm³/mol. The van der Waals surface area contributed by atoms with E-state index in [1.54, 1.807) is 24.3 Å². The van der Waals surface area contributed by atoms with Gasteiger partial charge in [0.15, 0.2) is 0 Å². The van der Waals surface area contributed by atoms with Crippen LogP contribution in [-0.2, 0) is 14.8 Å². The van der Waals surface area contributed by atoms with Crippen molar-refractivity contribution in [3.05, 3.63) is 35.9 Å². The number of hydrogen-bond donors (Lipinski definition) is 0. The molecular weight excluding hydrogens is 332 g/mol. The highest BCUT2D eigenvalue weighted by Gasteiger charge is 2.28. The van der Waals surface area contributed by atoms with Crippen LogP contribution in [0.5, 0.6) is 0 Å². The van der Waals surface area contributed by atoms with Gasteiger partial charge in [0.05, 0.1) is 11.4 Å². The first-order valence-electron chi connectivity index (χ1n) is 7.71. The molecule has 0 spiro atoms. The Morgan fingerprint density at radius 2 is 1.78 bits per heavy atom. The van der Waals surface area contributed by atoms with Gasteiger partial charge < -0.3 is 4.90 Å². The highest BCUT2D eigenvalue weighted by atomic mass is 32.2. The largest absolute Gasteiger partial charge is 0.338 e. The van der Waals surface area contributed by atoms with Gasteiger partial charge in [0.2, 0.25) is 15.9 Å². The molecule has 3 rings (SSSR count). The Kier molecular flexibility index (Phi) is 4.96. The van der Waals surface area contributed by atoms with E-state index in [-0.39, 0.29) is 11.7 Å². The smallest absolute Gasteiger partial charge is 0.246 e. The predicted octanol–water partition coefficient (Wildman–Crippen LogP) is 1.82. The van der Waals surface area contributed by atoms with Crippen molar-refractivity contribution in [2.45, 2.75) is 6.42 Å². The maximum atomic E-state index is 12.1. The summed E-state index contributed by atoms with van der Waals surface area (Å²) in [5.74, 6) is 2.26. The number of carbonyl (C=O) groups excluding carboxylic acids is 1. The summed E-state index contributed by atoms with van der Waals surface area (Å²) in [6.07, 6.45) is 4.05. The Balaban J connectivity index is 1.65. The van der Waals surface area contributed by atoms with Crippen LogP contribution >= 0.6 is 11.8 Å². The lowest BCUT2D eigenvalue weighted by Gasteiger charge is -2.25. The molecule has 0 bridgehead atoms. The lowest BCUT2D eigenvalue weighted by molar-refractivity contribution is -0.125. The highest BCUT2D eigenvalue weighted by Crippen LogP contribution is 2.24. The molecule has 0 atom stereocenters. The van der Waals surface area contributed by atoms with E-state index in [2.05, 4.69) is 0 Å². The fourth-order valence-corrected chi connectivity index (χ4v) is 5.21. The van der Waals surface area contributed by atoms with Crippen LogP contribution in [0.4, 0.5) is 5.69 Å². The van der Waals surface area contributed by atoms with E-state index in [1.807, 2.05) is 28.8 Å². The molecule has 2 fully saturated rings. The number of hydrogen-bond acceptors (Lipinski definition) is 4. The summed E-state index contributed by atoms with van der Waals surface area (Å²) >= 11 is 1.87. The molecule has 7 heteroatoms. The summed E-state index contributed by atoms with van der Waals surface area (Å²) in [5.41, 5.74) is 1.59. The van der Waals surface area contributed by atoms with E-state index >= 15 is 0 Å². The Bertz CT molecular complexity index is 693. The third kappa shape index (κ3) is 3.90. The second-order valence-corrected chi connectivity index (χ2v) is 8.84. The molecule has 0 N–H and O–H groups in total. The van der Waals surface area contributed by atoms with E-state index in [0.29, 0.717) is 18.7 Å². The molecule has 1 amide bonds. The molecule has 0 aromatic heterocycles. The maximum absolute atomic E-state index is 12.1. The summed E-state index contributed by atoms with van der Waals surface area (Å²) in [5, 5.41) is 0. The molecule has 0 radical (unpaired) electrons. The van der Waals surface area contributed by atoms with Crippen molar-refractivity contribution in [1.29, 1.82) is 0 Å². The van der Waals surface area contributed by atoms with Crippen LogP contribution in [0.3, 0.4) is 0 Å². The van der Waals surface area contributed by atoms with Crippen molar-refractivity contribution in [1.82, 2.24) is 4.90 Å². The minimum absolute atomic E-state index is 0.0384. The van der Waals surface area contributed by atoms with Crippen molar-refractivity contribution in [3.63, 3.8) is 0 Å². The maximum Gasteiger partial charge on any atom is 0.246 e. The fourth-order valence-electron chi connectivity index (χ4n) is 2.74. The molecular formula is C16H20N2O3S2. The first-order valence-corrected chi connectivity index (χ1v) is 10.5. The quantitative estimate of drug-likeness (QED) is 0.779. The van der Waals surface area contributed by atoms with E-state index in [9.17, 15) is 13.2 Å². The van der Waals surface area contributed by atoms with E-state index < -0.39 is 10.0 Å². The molecule has 23 heavy (non-hydrogen) atoms. The molecule has 5 nitrogen and oxygen atoms in total. The summed E-state index contributed by atoms with van der Waals surface area (Å²) in [6.45, 7) is 2.15. The van der Waals surface area contributed by atoms with Gasteiger partial charge >= 0.3 is 0 Å². The fraction of sp³-hybridized carbons (Fsp3) is 0.438. The second-order valence-electron chi connectivity index (χ2n) is 5.60. The van der Waals surface area contributed by atoms with Crippen LogP contribution in [-0.4, -0.2) is 56.1 Å². The topological polar surface area (TPSA) is 57.7 Å². The molecule has 124 valence electrons.